The number of halogens is 4. The Hall–Kier alpha value is -1.30. The van der Waals surface area contributed by atoms with Crippen molar-refractivity contribution in [1.29, 1.82) is 0 Å². The van der Waals surface area contributed by atoms with Gasteiger partial charge < -0.3 is 4.74 Å². The smallest absolute Gasteiger partial charge is 0.357 e. The second-order valence-corrected chi connectivity index (χ2v) is 2.85. The van der Waals surface area contributed by atoms with Crippen molar-refractivity contribution in [3.05, 3.63) is 28.3 Å². The van der Waals surface area contributed by atoms with Crippen LogP contribution >= 0.6 is 11.6 Å². The molecule has 0 spiro atoms. The molecule has 0 bridgehead atoms. The maximum atomic E-state index is 12.8. The van der Waals surface area contributed by atoms with Crippen LogP contribution < -0.4 is 0 Å². The first kappa shape index (κ1) is 11.8. The number of nitrogens with zero attached hydrogens (tertiary/aromatic N) is 1. The molecular weight excluding hydrogens is 235 g/mol. The Labute approximate surface area is 87.8 Å². The Kier molecular flexibility index (Phi) is 3.52. The van der Waals surface area contributed by atoms with Gasteiger partial charge in [0, 0.05) is 0 Å². The molecule has 0 radical (unpaired) electrons. The average molecular weight is 240 g/mol. The number of hydrogen-bond donors (Lipinski definition) is 0. The molecule has 0 aliphatic rings. The lowest BCUT2D eigenvalue weighted by molar-refractivity contribution is 0.0581. The van der Waals surface area contributed by atoms with Crippen LogP contribution in [0.2, 0.25) is 5.15 Å². The molecule has 0 saturated carbocycles. The monoisotopic (exact) mass is 239 g/mol. The van der Waals surface area contributed by atoms with E-state index in [-0.39, 0.29) is 0 Å². The molecule has 1 aromatic rings. The molecule has 1 aromatic heterocycles. The fraction of sp³-hybridized carbons (Fsp3) is 0.250. The summed E-state index contributed by atoms with van der Waals surface area (Å²) in [5, 5.41) is -0.653. The molecule has 7 heteroatoms. The first-order chi connectivity index (χ1) is 6.97. The molecular formula is C8H5ClF3NO2. The van der Waals surface area contributed by atoms with E-state index in [1.165, 1.54) is 0 Å². The summed E-state index contributed by atoms with van der Waals surface area (Å²) in [7, 11) is 0.997. The van der Waals surface area contributed by atoms with Crippen molar-refractivity contribution in [3.63, 3.8) is 0 Å². The molecule has 1 rings (SSSR count). The van der Waals surface area contributed by atoms with E-state index in [0.717, 1.165) is 7.11 Å². The van der Waals surface area contributed by atoms with Crippen LogP contribution in [0.15, 0.2) is 6.07 Å². The van der Waals surface area contributed by atoms with E-state index in [4.69, 9.17) is 11.6 Å². The average Bonchev–Trinajstić information content (AvgIpc) is 2.20. The third-order valence-corrected chi connectivity index (χ3v) is 1.84. The summed E-state index contributed by atoms with van der Waals surface area (Å²) in [6.45, 7) is 0. The van der Waals surface area contributed by atoms with Crippen molar-refractivity contribution in [1.82, 2.24) is 4.98 Å². The number of pyridine rings is 1. The minimum atomic E-state index is -3.03. The van der Waals surface area contributed by atoms with Gasteiger partial charge in [0.1, 0.15) is 0 Å². The lowest BCUT2D eigenvalue weighted by Crippen LogP contribution is -2.10. The van der Waals surface area contributed by atoms with Gasteiger partial charge in [-0.15, -0.1) is 0 Å². The summed E-state index contributed by atoms with van der Waals surface area (Å²) >= 11 is 5.25. The van der Waals surface area contributed by atoms with E-state index in [0.29, 0.717) is 6.07 Å². The molecule has 0 unspecified atom stereocenters. The van der Waals surface area contributed by atoms with Crippen LogP contribution in [0.3, 0.4) is 0 Å². The zero-order chi connectivity index (χ0) is 11.6. The van der Waals surface area contributed by atoms with Crippen molar-refractivity contribution in [2.24, 2.45) is 0 Å². The highest BCUT2D eigenvalue weighted by Gasteiger charge is 2.23. The number of carbonyl (C=O) groups excluding carboxylic acids is 1. The predicted molar refractivity (Wildman–Crippen MR) is 45.5 cm³/mol. The topological polar surface area (TPSA) is 39.2 Å². The lowest BCUT2D eigenvalue weighted by atomic mass is 10.2. The molecule has 15 heavy (non-hydrogen) atoms. The van der Waals surface area contributed by atoms with E-state index < -0.39 is 34.6 Å². The third-order valence-electron chi connectivity index (χ3n) is 1.58. The fourth-order valence-electron chi connectivity index (χ4n) is 0.907. The van der Waals surface area contributed by atoms with E-state index in [9.17, 15) is 18.0 Å². The number of ether oxygens (including phenoxy) is 1. The van der Waals surface area contributed by atoms with Crippen molar-refractivity contribution in [2.45, 2.75) is 6.43 Å². The number of aromatic nitrogens is 1. The Morgan fingerprint density at radius 3 is 2.67 bits per heavy atom. The minimum Gasteiger partial charge on any atom is -0.464 e. The Balaban J connectivity index is 3.34. The largest absolute Gasteiger partial charge is 0.464 e. The maximum Gasteiger partial charge on any atom is 0.357 e. The van der Waals surface area contributed by atoms with Crippen LogP contribution in [0.4, 0.5) is 13.2 Å². The Bertz CT molecular complexity index is 398. The van der Waals surface area contributed by atoms with E-state index >= 15 is 0 Å². The summed E-state index contributed by atoms with van der Waals surface area (Å²) in [6.07, 6.45) is -3.03. The lowest BCUT2D eigenvalue weighted by Gasteiger charge is -2.06. The van der Waals surface area contributed by atoms with Gasteiger partial charge in [0.15, 0.2) is 16.7 Å². The number of esters is 1. The van der Waals surface area contributed by atoms with Gasteiger partial charge in [0.05, 0.1) is 12.7 Å². The number of carbonyl (C=O) groups is 1. The minimum absolute atomic E-state index is 0.465. The normalized spacial score (nSPS) is 10.5. The van der Waals surface area contributed by atoms with Crippen molar-refractivity contribution < 1.29 is 22.7 Å². The zero-order valence-electron chi connectivity index (χ0n) is 7.43. The SMILES string of the molecule is COC(=O)c1nc(Cl)c(F)cc1C(F)F. The van der Waals surface area contributed by atoms with E-state index in [1.807, 2.05) is 0 Å². The zero-order valence-corrected chi connectivity index (χ0v) is 8.19. The van der Waals surface area contributed by atoms with Gasteiger partial charge in [0.25, 0.3) is 6.43 Å². The van der Waals surface area contributed by atoms with Crippen LogP contribution in [-0.2, 0) is 4.74 Å². The molecule has 3 nitrogen and oxygen atoms in total. The van der Waals surface area contributed by atoms with Crippen LogP contribution in [0.5, 0.6) is 0 Å². The van der Waals surface area contributed by atoms with Crippen LogP contribution in [0.1, 0.15) is 22.5 Å². The van der Waals surface area contributed by atoms with Crippen LogP contribution in [0.25, 0.3) is 0 Å². The first-order valence-corrected chi connectivity index (χ1v) is 4.07. The van der Waals surface area contributed by atoms with E-state index in [1.54, 1.807) is 0 Å². The quantitative estimate of drug-likeness (QED) is 0.588. The van der Waals surface area contributed by atoms with Gasteiger partial charge in [-0.1, -0.05) is 11.6 Å². The Morgan fingerprint density at radius 2 is 2.20 bits per heavy atom. The highest BCUT2D eigenvalue weighted by atomic mass is 35.5. The van der Waals surface area contributed by atoms with Gasteiger partial charge >= 0.3 is 5.97 Å². The molecule has 1 heterocycles. The molecule has 0 N–H and O–H groups in total. The molecule has 0 amide bonds. The molecule has 0 fully saturated rings. The summed E-state index contributed by atoms with van der Waals surface area (Å²) < 4.78 is 41.8. The third kappa shape index (κ3) is 2.38. The molecule has 0 atom stereocenters. The standard InChI is InChI=1S/C8H5ClF3NO2/c1-15-8(14)5-3(7(11)12)2-4(10)6(9)13-5/h2,7H,1H3. The molecule has 0 aliphatic carbocycles. The number of methoxy groups -OCH3 is 1. The number of rotatable bonds is 2. The molecule has 0 aromatic carbocycles. The van der Waals surface area contributed by atoms with Crippen molar-refractivity contribution in [3.8, 4) is 0 Å². The van der Waals surface area contributed by atoms with Gasteiger partial charge in [-0.25, -0.2) is 22.9 Å². The predicted octanol–water partition coefficient (Wildman–Crippen LogP) is 2.60. The van der Waals surface area contributed by atoms with Crippen molar-refractivity contribution >= 4 is 17.6 Å². The van der Waals surface area contributed by atoms with Crippen molar-refractivity contribution in [2.75, 3.05) is 7.11 Å². The first-order valence-electron chi connectivity index (χ1n) is 3.69. The van der Waals surface area contributed by atoms with E-state index in [2.05, 4.69) is 9.72 Å². The van der Waals surface area contributed by atoms with Crippen LogP contribution in [-0.4, -0.2) is 18.1 Å². The highest BCUT2D eigenvalue weighted by molar-refractivity contribution is 6.29. The van der Waals surface area contributed by atoms with Gasteiger partial charge in [-0.3, -0.25) is 0 Å². The summed E-state index contributed by atoms with van der Waals surface area (Å²) in [4.78, 5) is 14.2. The van der Waals surface area contributed by atoms with Gasteiger partial charge in [-0.2, -0.15) is 0 Å². The second kappa shape index (κ2) is 4.48. The number of alkyl halides is 2. The Morgan fingerprint density at radius 1 is 1.60 bits per heavy atom. The highest BCUT2D eigenvalue weighted by Crippen LogP contribution is 2.25. The molecule has 82 valence electrons. The second-order valence-electron chi connectivity index (χ2n) is 2.49. The summed E-state index contributed by atoms with van der Waals surface area (Å²) in [6, 6.07) is 0.465. The fourth-order valence-corrected chi connectivity index (χ4v) is 1.05. The van der Waals surface area contributed by atoms with Crippen LogP contribution in [0, 0.1) is 5.82 Å². The van der Waals surface area contributed by atoms with Gasteiger partial charge in [-0.05, 0) is 6.07 Å². The van der Waals surface area contributed by atoms with Gasteiger partial charge in [0.2, 0.25) is 0 Å². The maximum absolute atomic E-state index is 12.8. The molecule has 0 saturated heterocycles. The molecule has 0 aliphatic heterocycles. The number of hydrogen-bond acceptors (Lipinski definition) is 3. The summed E-state index contributed by atoms with van der Waals surface area (Å²) in [5.74, 6) is -2.20. The summed E-state index contributed by atoms with van der Waals surface area (Å²) in [5.41, 5.74) is -1.53.